The normalized spacial score (nSPS) is 11.6. The Labute approximate surface area is 121 Å². The van der Waals surface area contributed by atoms with Gasteiger partial charge in [-0.25, -0.2) is 8.42 Å². The van der Waals surface area contributed by atoms with Crippen LogP contribution in [0.15, 0.2) is 18.2 Å². The molecule has 0 fully saturated rings. The van der Waals surface area contributed by atoms with Crippen molar-refractivity contribution in [2.75, 3.05) is 19.1 Å². The number of nitrogens with two attached hydrogens (primary N) is 1. The van der Waals surface area contributed by atoms with Crippen molar-refractivity contribution in [3.8, 4) is 16.9 Å². The number of halogens is 1. The second kappa shape index (κ2) is 5.34. The number of aromatic amines is 1. The third-order valence-corrected chi connectivity index (χ3v) is 3.75. The predicted molar refractivity (Wildman–Crippen MR) is 78.5 cm³/mol. The van der Waals surface area contributed by atoms with Crippen molar-refractivity contribution in [1.82, 2.24) is 10.2 Å². The van der Waals surface area contributed by atoms with E-state index >= 15 is 0 Å². The molecule has 1 aromatic heterocycles. The zero-order chi connectivity index (χ0) is 14.9. The van der Waals surface area contributed by atoms with Crippen LogP contribution in [-0.4, -0.2) is 32.0 Å². The summed E-state index contributed by atoms with van der Waals surface area (Å²) in [6, 6.07) is 5.03. The van der Waals surface area contributed by atoms with Crippen molar-refractivity contribution in [2.24, 2.45) is 0 Å². The number of methoxy groups -OCH3 is 1. The molecule has 1 heterocycles. The molecule has 0 aliphatic rings. The minimum absolute atomic E-state index is 0.192. The average molecular weight is 316 g/mol. The molecule has 0 saturated heterocycles. The first-order valence-corrected chi connectivity index (χ1v) is 8.10. The summed E-state index contributed by atoms with van der Waals surface area (Å²) in [4.78, 5) is 0. The van der Waals surface area contributed by atoms with Crippen LogP contribution in [0.1, 0.15) is 5.69 Å². The van der Waals surface area contributed by atoms with Gasteiger partial charge in [0.2, 0.25) is 0 Å². The highest BCUT2D eigenvalue weighted by Crippen LogP contribution is 2.37. The molecule has 0 unspecified atom stereocenters. The number of nitrogen functional groups attached to an aromatic ring is 1. The molecular formula is C12H14ClN3O3S. The molecule has 0 atom stereocenters. The molecule has 0 bridgehead atoms. The highest BCUT2D eigenvalue weighted by molar-refractivity contribution is 7.89. The number of nitrogens with zero attached hydrogens (tertiary/aromatic N) is 1. The lowest BCUT2D eigenvalue weighted by Crippen LogP contribution is -2.03. The molecule has 0 amide bonds. The SMILES string of the molecule is COc1ccc(Cl)cc1-c1c(N)n[nH]c1CS(C)(=O)=O. The number of benzene rings is 1. The second-order valence-corrected chi connectivity index (χ2v) is 6.95. The Kier molecular flexibility index (Phi) is 3.92. The summed E-state index contributed by atoms with van der Waals surface area (Å²) in [7, 11) is -1.71. The Morgan fingerprint density at radius 3 is 2.75 bits per heavy atom. The fraction of sp³-hybridized carbons (Fsp3) is 0.250. The zero-order valence-electron chi connectivity index (χ0n) is 11.0. The Hall–Kier alpha value is -1.73. The maximum atomic E-state index is 11.5. The Bertz CT molecular complexity index is 740. The molecule has 0 saturated carbocycles. The van der Waals surface area contributed by atoms with Crippen LogP contribution < -0.4 is 10.5 Å². The van der Waals surface area contributed by atoms with Crippen LogP contribution in [0.25, 0.3) is 11.1 Å². The van der Waals surface area contributed by atoms with E-state index in [0.29, 0.717) is 27.6 Å². The summed E-state index contributed by atoms with van der Waals surface area (Å²) in [6.45, 7) is 0. The molecule has 8 heteroatoms. The fourth-order valence-electron chi connectivity index (χ4n) is 1.94. The van der Waals surface area contributed by atoms with E-state index in [4.69, 9.17) is 22.1 Å². The van der Waals surface area contributed by atoms with Crippen molar-refractivity contribution in [2.45, 2.75) is 5.75 Å². The standard InChI is InChI=1S/C12H14ClN3O3S/c1-19-10-4-3-7(13)5-8(10)11-9(6-20(2,17)18)15-16-12(11)14/h3-5H,6H2,1-2H3,(H3,14,15,16). The monoisotopic (exact) mass is 315 g/mol. The Balaban J connectivity index is 2.63. The van der Waals surface area contributed by atoms with Gasteiger partial charge in [0.1, 0.15) is 5.75 Å². The molecule has 2 aromatic rings. The number of rotatable bonds is 4. The number of hydrogen-bond donors (Lipinski definition) is 2. The second-order valence-electron chi connectivity index (χ2n) is 4.38. The summed E-state index contributed by atoms with van der Waals surface area (Å²) < 4.78 is 28.2. The molecule has 2 rings (SSSR count). The van der Waals surface area contributed by atoms with E-state index in [1.807, 2.05) is 0 Å². The van der Waals surface area contributed by atoms with Crippen LogP contribution >= 0.6 is 11.6 Å². The van der Waals surface area contributed by atoms with E-state index in [2.05, 4.69) is 10.2 Å². The Morgan fingerprint density at radius 1 is 1.45 bits per heavy atom. The van der Waals surface area contributed by atoms with E-state index in [1.54, 1.807) is 18.2 Å². The molecule has 0 aliphatic heterocycles. The molecule has 3 N–H and O–H groups in total. The van der Waals surface area contributed by atoms with Crippen LogP contribution in [0.2, 0.25) is 5.02 Å². The summed E-state index contributed by atoms with van der Waals surface area (Å²) in [5.74, 6) is 0.545. The topological polar surface area (TPSA) is 98.1 Å². The third kappa shape index (κ3) is 3.05. The molecule has 20 heavy (non-hydrogen) atoms. The van der Waals surface area contributed by atoms with Crippen LogP contribution in [0.5, 0.6) is 5.75 Å². The largest absolute Gasteiger partial charge is 0.496 e. The van der Waals surface area contributed by atoms with Gasteiger partial charge in [-0.2, -0.15) is 5.10 Å². The van der Waals surface area contributed by atoms with Crippen LogP contribution in [0, 0.1) is 0 Å². The van der Waals surface area contributed by atoms with Crippen molar-refractivity contribution in [3.05, 3.63) is 28.9 Å². The number of nitrogens with one attached hydrogen (secondary N) is 1. The smallest absolute Gasteiger partial charge is 0.153 e. The van der Waals surface area contributed by atoms with Gasteiger partial charge in [0.25, 0.3) is 0 Å². The molecule has 6 nitrogen and oxygen atoms in total. The molecule has 108 valence electrons. The van der Waals surface area contributed by atoms with E-state index in [-0.39, 0.29) is 11.6 Å². The highest BCUT2D eigenvalue weighted by Gasteiger charge is 2.20. The number of aromatic nitrogens is 2. The van der Waals surface area contributed by atoms with Gasteiger partial charge in [0.15, 0.2) is 15.7 Å². The lowest BCUT2D eigenvalue weighted by molar-refractivity contribution is 0.416. The maximum absolute atomic E-state index is 11.5. The van der Waals surface area contributed by atoms with E-state index in [1.165, 1.54) is 7.11 Å². The number of sulfone groups is 1. The number of anilines is 1. The quantitative estimate of drug-likeness (QED) is 0.897. The third-order valence-electron chi connectivity index (χ3n) is 2.71. The summed E-state index contributed by atoms with van der Waals surface area (Å²) in [5, 5.41) is 7.01. The minimum atomic E-state index is -3.22. The number of H-pyrrole nitrogens is 1. The summed E-state index contributed by atoms with van der Waals surface area (Å²) >= 11 is 5.98. The van der Waals surface area contributed by atoms with Gasteiger partial charge in [-0.15, -0.1) is 0 Å². The zero-order valence-corrected chi connectivity index (χ0v) is 12.5. The first-order valence-electron chi connectivity index (χ1n) is 5.66. The van der Waals surface area contributed by atoms with Crippen molar-refractivity contribution in [3.63, 3.8) is 0 Å². The van der Waals surface area contributed by atoms with Crippen molar-refractivity contribution < 1.29 is 13.2 Å². The summed E-state index contributed by atoms with van der Waals surface area (Å²) in [5.41, 5.74) is 7.33. The van der Waals surface area contributed by atoms with Gasteiger partial charge in [0, 0.05) is 16.8 Å². The van der Waals surface area contributed by atoms with Crippen LogP contribution in [0.4, 0.5) is 5.82 Å². The van der Waals surface area contributed by atoms with Gasteiger partial charge in [-0.05, 0) is 18.2 Å². The van der Waals surface area contributed by atoms with Crippen molar-refractivity contribution in [1.29, 1.82) is 0 Å². The van der Waals surface area contributed by atoms with Crippen LogP contribution in [0.3, 0.4) is 0 Å². The molecular weight excluding hydrogens is 302 g/mol. The predicted octanol–water partition coefficient (Wildman–Crippen LogP) is 1.87. The summed E-state index contributed by atoms with van der Waals surface area (Å²) in [6.07, 6.45) is 1.14. The lowest BCUT2D eigenvalue weighted by Gasteiger charge is -2.10. The average Bonchev–Trinajstić information content (AvgIpc) is 2.68. The number of hydrogen-bond acceptors (Lipinski definition) is 5. The lowest BCUT2D eigenvalue weighted by atomic mass is 10.0. The van der Waals surface area contributed by atoms with E-state index in [0.717, 1.165) is 6.26 Å². The van der Waals surface area contributed by atoms with Gasteiger partial charge < -0.3 is 10.5 Å². The molecule has 0 spiro atoms. The number of ether oxygens (including phenoxy) is 1. The fourth-order valence-corrected chi connectivity index (χ4v) is 2.84. The van der Waals surface area contributed by atoms with Gasteiger partial charge in [0.05, 0.1) is 24.1 Å². The van der Waals surface area contributed by atoms with E-state index < -0.39 is 9.84 Å². The van der Waals surface area contributed by atoms with Crippen LogP contribution in [-0.2, 0) is 15.6 Å². The first-order chi connectivity index (χ1) is 9.31. The highest BCUT2D eigenvalue weighted by atomic mass is 35.5. The Morgan fingerprint density at radius 2 is 2.15 bits per heavy atom. The van der Waals surface area contributed by atoms with Gasteiger partial charge in [-0.1, -0.05) is 11.6 Å². The van der Waals surface area contributed by atoms with Crippen molar-refractivity contribution >= 4 is 27.3 Å². The first kappa shape index (κ1) is 14.7. The maximum Gasteiger partial charge on any atom is 0.153 e. The van der Waals surface area contributed by atoms with E-state index in [9.17, 15) is 8.42 Å². The molecule has 0 aliphatic carbocycles. The molecule has 0 radical (unpaired) electrons. The minimum Gasteiger partial charge on any atom is -0.496 e. The van der Waals surface area contributed by atoms with Gasteiger partial charge in [-0.3, -0.25) is 5.10 Å². The van der Waals surface area contributed by atoms with Gasteiger partial charge >= 0.3 is 0 Å². The molecule has 1 aromatic carbocycles.